The average Bonchev–Trinajstić information content (AvgIpc) is 3.17. The molecule has 0 saturated heterocycles. The summed E-state index contributed by atoms with van der Waals surface area (Å²) in [5.74, 6) is 1.06. The molecule has 0 aliphatic carbocycles. The number of carbonyl (C=O) groups excluding carboxylic acids is 1. The van der Waals surface area contributed by atoms with Gasteiger partial charge in [0.2, 0.25) is 0 Å². The molecule has 1 aliphatic heterocycles. The van der Waals surface area contributed by atoms with Gasteiger partial charge >= 0.3 is 0 Å². The Labute approximate surface area is 152 Å². The lowest BCUT2D eigenvalue weighted by molar-refractivity contribution is 0.0927. The summed E-state index contributed by atoms with van der Waals surface area (Å²) in [6.45, 7) is 5.40. The number of aromatic nitrogens is 4. The van der Waals surface area contributed by atoms with Crippen LogP contribution in [0.25, 0.3) is 0 Å². The van der Waals surface area contributed by atoms with Crippen molar-refractivity contribution >= 4 is 5.91 Å². The molecule has 6 nitrogen and oxygen atoms in total. The quantitative estimate of drug-likeness (QED) is 0.787. The summed E-state index contributed by atoms with van der Waals surface area (Å²) in [4.78, 5) is 17.2. The Hall–Kier alpha value is -2.89. The van der Waals surface area contributed by atoms with Gasteiger partial charge in [-0.2, -0.15) is 5.10 Å². The minimum atomic E-state index is -0.0490. The van der Waals surface area contributed by atoms with Gasteiger partial charge in [0.05, 0.1) is 24.0 Å². The van der Waals surface area contributed by atoms with Crippen LogP contribution in [0.15, 0.2) is 42.7 Å². The predicted octanol–water partition coefficient (Wildman–Crippen LogP) is 2.49. The van der Waals surface area contributed by atoms with Gasteiger partial charge in [-0.15, -0.1) is 0 Å². The lowest BCUT2D eigenvalue weighted by Gasteiger charge is -2.24. The maximum absolute atomic E-state index is 12.7. The fraction of sp³-hybridized carbons (Fsp3) is 0.350. The zero-order chi connectivity index (χ0) is 18.1. The number of hydrogen-bond acceptors (Lipinski definition) is 3. The van der Waals surface area contributed by atoms with Crippen molar-refractivity contribution < 1.29 is 4.79 Å². The summed E-state index contributed by atoms with van der Waals surface area (Å²) in [7, 11) is 0. The maximum atomic E-state index is 12.7. The SMILES string of the molecule is Cc1cn2c(n1)CC[C@H](NC(=O)c1cnn(Cc3ccccc3)c1C)C2. The summed E-state index contributed by atoms with van der Waals surface area (Å²) in [6, 6.07) is 10.3. The van der Waals surface area contributed by atoms with Gasteiger partial charge in [0.1, 0.15) is 5.82 Å². The Bertz CT molecular complexity index is 925. The number of hydrogen-bond donors (Lipinski definition) is 1. The second-order valence-corrected chi connectivity index (χ2v) is 6.95. The van der Waals surface area contributed by atoms with Gasteiger partial charge in [-0.25, -0.2) is 4.98 Å². The lowest BCUT2D eigenvalue weighted by atomic mass is 10.1. The van der Waals surface area contributed by atoms with Crippen molar-refractivity contribution in [2.45, 2.75) is 45.8 Å². The molecule has 6 heteroatoms. The van der Waals surface area contributed by atoms with E-state index in [-0.39, 0.29) is 11.9 Å². The number of amides is 1. The summed E-state index contributed by atoms with van der Waals surface area (Å²) < 4.78 is 4.03. The Balaban J connectivity index is 1.44. The normalized spacial score (nSPS) is 16.3. The van der Waals surface area contributed by atoms with E-state index in [2.05, 4.69) is 38.3 Å². The van der Waals surface area contributed by atoms with Gasteiger partial charge in [-0.05, 0) is 25.8 Å². The second-order valence-electron chi connectivity index (χ2n) is 6.95. The van der Waals surface area contributed by atoms with Gasteiger partial charge < -0.3 is 9.88 Å². The third-order valence-corrected chi connectivity index (χ3v) is 4.97. The third-order valence-electron chi connectivity index (χ3n) is 4.97. The number of nitrogens with zero attached hydrogens (tertiary/aromatic N) is 4. The minimum Gasteiger partial charge on any atom is -0.347 e. The molecule has 3 heterocycles. The molecule has 0 bridgehead atoms. The first-order valence-electron chi connectivity index (χ1n) is 9.00. The van der Waals surface area contributed by atoms with E-state index in [0.717, 1.165) is 36.6 Å². The van der Waals surface area contributed by atoms with E-state index in [0.29, 0.717) is 12.1 Å². The number of carbonyl (C=O) groups is 1. The molecule has 0 saturated carbocycles. The van der Waals surface area contributed by atoms with Crippen molar-refractivity contribution in [2.24, 2.45) is 0 Å². The molecule has 0 unspecified atom stereocenters. The summed E-state index contributed by atoms with van der Waals surface area (Å²) >= 11 is 0. The highest BCUT2D eigenvalue weighted by Crippen LogP contribution is 2.16. The fourth-order valence-electron chi connectivity index (χ4n) is 3.55. The average molecular weight is 349 g/mol. The number of imidazole rings is 1. The van der Waals surface area contributed by atoms with Gasteiger partial charge in [-0.3, -0.25) is 9.48 Å². The molecular weight excluding hydrogens is 326 g/mol. The van der Waals surface area contributed by atoms with Gasteiger partial charge in [0.25, 0.3) is 5.91 Å². The fourth-order valence-corrected chi connectivity index (χ4v) is 3.55. The smallest absolute Gasteiger partial charge is 0.255 e. The molecular formula is C20H23N5O. The Kier molecular flexibility index (Phi) is 4.32. The minimum absolute atomic E-state index is 0.0490. The van der Waals surface area contributed by atoms with E-state index in [4.69, 9.17) is 0 Å². The standard InChI is InChI=1S/C20H23N5O/c1-14-11-24-13-17(8-9-19(24)22-14)23-20(26)18-10-21-25(15(18)2)12-16-6-4-3-5-7-16/h3-7,10-11,17H,8-9,12-13H2,1-2H3,(H,23,26)/t17-/m0/s1. The first-order chi connectivity index (χ1) is 12.6. The van der Waals surface area contributed by atoms with Crippen LogP contribution in [0.3, 0.4) is 0 Å². The van der Waals surface area contributed by atoms with Crippen LogP contribution in [0, 0.1) is 13.8 Å². The van der Waals surface area contributed by atoms with E-state index in [1.807, 2.05) is 36.7 Å². The van der Waals surface area contributed by atoms with Crippen molar-refractivity contribution in [2.75, 3.05) is 0 Å². The molecule has 0 spiro atoms. The van der Waals surface area contributed by atoms with E-state index >= 15 is 0 Å². The molecule has 0 radical (unpaired) electrons. The summed E-state index contributed by atoms with van der Waals surface area (Å²) in [6.07, 6.45) is 5.53. The van der Waals surface area contributed by atoms with E-state index < -0.39 is 0 Å². The number of fused-ring (bicyclic) bond motifs is 1. The molecule has 26 heavy (non-hydrogen) atoms. The van der Waals surface area contributed by atoms with E-state index in [9.17, 15) is 4.79 Å². The van der Waals surface area contributed by atoms with Gasteiger partial charge in [0, 0.05) is 30.9 Å². The third kappa shape index (κ3) is 3.27. The van der Waals surface area contributed by atoms with Crippen molar-refractivity contribution in [1.29, 1.82) is 0 Å². The van der Waals surface area contributed by atoms with Crippen LogP contribution in [0.1, 0.15) is 39.6 Å². The largest absolute Gasteiger partial charge is 0.347 e. The predicted molar refractivity (Wildman–Crippen MR) is 99.0 cm³/mol. The van der Waals surface area contributed by atoms with Crippen LogP contribution >= 0.6 is 0 Å². The van der Waals surface area contributed by atoms with Gasteiger partial charge in [-0.1, -0.05) is 30.3 Å². The maximum Gasteiger partial charge on any atom is 0.255 e. The number of nitrogens with one attached hydrogen (secondary N) is 1. The Morgan fingerprint density at radius 3 is 2.88 bits per heavy atom. The van der Waals surface area contributed by atoms with Crippen LogP contribution in [0.4, 0.5) is 0 Å². The number of rotatable bonds is 4. The topological polar surface area (TPSA) is 64.7 Å². The van der Waals surface area contributed by atoms with Crippen molar-refractivity contribution in [3.05, 3.63) is 71.1 Å². The van der Waals surface area contributed by atoms with Crippen molar-refractivity contribution in [1.82, 2.24) is 24.6 Å². The molecule has 4 rings (SSSR count). The molecule has 1 amide bonds. The van der Waals surface area contributed by atoms with E-state index in [1.54, 1.807) is 6.20 Å². The summed E-state index contributed by atoms with van der Waals surface area (Å²) in [5.41, 5.74) is 3.74. The monoisotopic (exact) mass is 349 g/mol. The van der Waals surface area contributed by atoms with E-state index in [1.165, 1.54) is 5.56 Å². The van der Waals surface area contributed by atoms with Crippen LogP contribution in [0.2, 0.25) is 0 Å². The number of aryl methyl sites for hydroxylation is 2. The van der Waals surface area contributed by atoms with Crippen molar-refractivity contribution in [3.8, 4) is 0 Å². The molecule has 1 aromatic carbocycles. The molecule has 1 N–H and O–H groups in total. The second kappa shape index (κ2) is 6.78. The Morgan fingerprint density at radius 2 is 2.08 bits per heavy atom. The van der Waals surface area contributed by atoms with Crippen LogP contribution in [-0.2, 0) is 19.5 Å². The number of benzene rings is 1. The molecule has 1 atom stereocenters. The highest BCUT2D eigenvalue weighted by atomic mass is 16.1. The molecule has 134 valence electrons. The van der Waals surface area contributed by atoms with Crippen molar-refractivity contribution in [3.63, 3.8) is 0 Å². The highest BCUT2D eigenvalue weighted by molar-refractivity contribution is 5.95. The zero-order valence-corrected chi connectivity index (χ0v) is 15.1. The lowest BCUT2D eigenvalue weighted by Crippen LogP contribution is -2.41. The molecule has 3 aromatic rings. The Morgan fingerprint density at radius 1 is 1.27 bits per heavy atom. The van der Waals surface area contributed by atoms with Crippen LogP contribution in [-0.4, -0.2) is 31.3 Å². The molecule has 2 aromatic heterocycles. The molecule has 1 aliphatic rings. The highest BCUT2D eigenvalue weighted by Gasteiger charge is 2.23. The summed E-state index contributed by atoms with van der Waals surface area (Å²) in [5, 5.41) is 7.57. The first kappa shape index (κ1) is 16.6. The molecule has 0 fully saturated rings. The van der Waals surface area contributed by atoms with Gasteiger partial charge in [0.15, 0.2) is 0 Å². The first-order valence-corrected chi connectivity index (χ1v) is 9.00. The van der Waals surface area contributed by atoms with Crippen LogP contribution < -0.4 is 5.32 Å². The van der Waals surface area contributed by atoms with Crippen LogP contribution in [0.5, 0.6) is 0 Å². The zero-order valence-electron chi connectivity index (χ0n) is 15.1.